The van der Waals surface area contributed by atoms with Gasteiger partial charge in [-0.25, -0.2) is 0 Å². The average Bonchev–Trinajstić information content (AvgIpc) is 2.32. The summed E-state index contributed by atoms with van der Waals surface area (Å²) in [7, 11) is 0. The highest BCUT2D eigenvalue weighted by Crippen LogP contribution is 2.16. The van der Waals surface area contributed by atoms with E-state index in [0.717, 1.165) is 25.1 Å². The second kappa shape index (κ2) is 7.04. The molecule has 1 unspecified atom stereocenters. The number of carbonyl (C=O) groups excluding carboxylic acids is 1. The van der Waals surface area contributed by atoms with Crippen molar-refractivity contribution in [2.24, 2.45) is 0 Å². The third kappa shape index (κ3) is 4.40. The lowest BCUT2D eigenvalue weighted by Crippen LogP contribution is -2.38. The zero-order valence-corrected chi connectivity index (χ0v) is 11.8. The van der Waals surface area contributed by atoms with Crippen LogP contribution in [-0.4, -0.2) is 18.5 Å². The minimum Gasteiger partial charge on any atom is -0.374 e. The molecule has 0 aromatic heterocycles. The van der Waals surface area contributed by atoms with Crippen LogP contribution in [0.2, 0.25) is 0 Å². The van der Waals surface area contributed by atoms with E-state index in [-0.39, 0.29) is 11.9 Å². The van der Waals surface area contributed by atoms with Gasteiger partial charge in [0.1, 0.15) is 6.04 Å². The van der Waals surface area contributed by atoms with Crippen LogP contribution >= 0.6 is 0 Å². The first-order valence-electron chi connectivity index (χ1n) is 6.66. The van der Waals surface area contributed by atoms with Gasteiger partial charge in [-0.2, -0.15) is 0 Å². The fourth-order valence-corrected chi connectivity index (χ4v) is 1.82. The van der Waals surface area contributed by atoms with Gasteiger partial charge in [-0.3, -0.25) is 4.79 Å². The average molecular weight is 248 g/mol. The van der Waals surface area contributed by atoms with Crippen molar-refractivity contribution < 1.29 is 4.79 Å². The van der Waals surface area contributed by atoms with E-state index in [2.05, 4.69) is 43.5 Å². The Kier molecular flexibility index (Phi) is 5.69. The third-order valence-corrected chi connectivity index (χ3v) is 2.98. The largest absolute Gasteiger partial charge is 0.374 e. The smallest absolute Gasteiger partial charge is 0.242 e. The number of anilines is 1. The monoisotopic (exact) mass is 248 g/mol. The van der Waals surface area contributed by atoms with E-state index in [4.69, 9.17) is 0 Å². The molecule has 100 valence electrons. The summed E-state index contributed by atoms with van der Waals surface area (Å²) < 4.78 is 0. The van der Waals surface area contributed by atoms with E-state index < -0.39 is 0 Å². The predicted molar refractivity (Wildman–Crippen MR) is 76.9 cm³/mol. The van der Waals surface area contributed by atoms with Crippen molar-refractivity contribution in [1.82, 2.24) is 5.32 Å². The van der Waals surface area contributed by atoms with Crippen LogP contribution in [-0.2, 0) is 4.79 Å². The number of nitrogens with one attached hydrogen (secondary N) is 2. The van der Waals surface area contributed by atoms with Gasteiger partial charge in [0.05, 0.1) is 0 Å². The highest BCUT2D eigenvalue weighted by Gasteiger charge is 2.12. The number of rotatable bonds is 6. The van der Waals surface area contributed by atoms with Crippen LogP contribution in [0, 0.1) is 13.8 Å². The van der Waals surface area contributed by atoms with Crippen molar-refractivity contribution >= 4 is 11.6 Å². The van der Waals surface area contributed by atoms with Crippen molar-refractivity contribution in [3.05, 3.63) is 29.3 Å². The molecule has 0 spiro atoms. The van der Waals surface area contributed by atoms with Crippen molar-refractivity contribution in [3.63, 3.8) is 0 Å². The molecule has 0 aliphatic rings. The van der Waals surface area contributed by atoms with Crippen LogP contribution in [0.5, 0.6) is 0 Å². The van der Waals surface area contributed by atoms with Gasteiger partial charge in [0.25, 0.3) is 0 Å². The number of aryl methyl sites for hydroxylation is 2. The van der Waals surface area contributed by atoms with Crippen LogP contribution in [0.1, 0.15) is 37.8 Å². The molecule has 0 heterocycles. The molecule has 0 radical (unpaired) electrons. The van der Waals surface area contributed by atoms with Gasteiger partial charge in [-0.15, -0.1) is 0 Å². The standard InChI is InChI=1S/C15H24N2O/c1-5-6-9-16-15(18)13(4)17-14-8-7-11(2)10-12(14)3/h7-8,10,13,17H,5-6,9H2,1-4H3,(H,16,18). The summed E-state index contributed by atoms with van der Waals surface area (Å²) in [6.45, 7) is 8.88. The summed E-state index contributed by atoms with van der Waals surface area (Å²) in [5.74, 6) is 0.0587. The van der Waals surface area contributed by atoms with Crippen molar-refractivity contribution in [3.8, 4) is 0 Å². The molecule has 1 atom stereocenters. The minimum atomic E-state index is -0.205. The van der Waals surface area contributed by atoms with Crippen LogP contribution in [0.15, 0.2) is 18.2 Å². The molecule has 1 rings (SSSR count). The minimum absolute atomic E-state index is 0.0587. The van der Waals surface area contributed by atoms with Gasteiger partial charge in [-0.05, 0) is 38.8 Å². The maximum Gasteiger partial charge on any atom is 0.242 e. The molecule has 0 aliphatic carbocycles. The molecule has 0 aliphatic heterocycles. The van der Waals surface area contributed by atoms with E-state index in [1.165, 1.54) is 11.1 Å². The van der Waals surface area contributed by atoms with E-state index in [9.17, 15) is 4.79 Å². The number of carbonyl (C=O) groups is 1. The maximum atomic E-state index is 11.8. The fraction of sp³-hybridized carbons (Fsp3) is 0.533. The normalized spacial score (nSPS) is 12.0. The Hall–Kier alpha value is -1.51. The summed E-state index contributed by atoms with van der Waals surface area (Å²) in [6.07, 6.45) is 2.13. The van der Waals surface area contributed by atoms with Gasteiger partial charge in [0, 0.05) is 12.2 Å². The predicted octanol–water partition coefficient (Wildman–Crippen LogP) is 3.02. The molecule has 1 aromatic carbocycles. The van der Waals surface area contributed by atoms with Gasteiger partial charge >= 0.3 is 0 Å². The third-order valence-electron chi connectivity index (χ3n) is 2.98. The zero-order valence-electron chi connectivity index (χ0n) is 11.8. The zero-order chi connectivity index (χ0) is 13.5. The molecule has 0 bridgehead atoms. The maximum absolute atomic E-state index is 11.8. The van der Waals surface area contributed by atoms with Gasteiger partial charge in [0.2, 0.25) is 5.91 Å². The molecule has 0 saturated heterocycles. The van der Waals surface area contributed by atoms with E-state index in [1.54, 1.807) is 0 Å². The molecule has 1 aromatic rings. The van der Waals surface area contributed by atoms with Crippen molar-refractivity contribution in [2.75, 3.05) is 11.9 Å². The summed E-state index contributed by atoms with van der Waals surface area (Å²) in [5.41, 5.74) is 3.43. The fourth-order valence-electron chi connectivity index (χ4n) is 1.82. The number of hydrogen-bond acceptors (Lipinski definition) is 2. The lowest BCUT2D eigenvalue weighted by Gasteiger charge is -2.17. The Morgan fingerprint density at radius 1 is 1.33 bits per heavy atom. The Morgan fingerprint density at radius 2 is 2.06 bits per heavy atom. The summed E-state index contributed by atoms with van der Waals surface area (Å²) >= 11 is 0. The second-order valence-electron chi connectivity index (χ2n) is 4.83. The van der Waals surface area contributed by atoms with Gasteiger partial charge in [-0.1, -0.05) is 31.0 Å². The molecular weight excluding hydrogens is 224 g/mol. The highest BCUT2D eigenvalue weighted by atomic mass is 16.2. The first-order valence-corrected chi connectivity index (χ1v) is 6.66. The van der Waals surface area contributed by atoms with Crippen LogP contribution in [0.25, 0.3) is 0 Å². The topological polar surface area (TPSA) is 41.1 Å². The second-order valence-corrected chi connectivity index (χ2v) is 4.83. The first kappa shape index (κ1) is 14.6. The lowest BCUT2D eigenvalue weighted by atomic mass is 10.1. The first-order chi connectivity index (χ1) is 8.54. The molecular formula is C15H24N2O. The number of unbranched alkanes of at least 4 members (excludes halogenated alkanes) is 1. The molecule has 18 heavy (non-hydrogen) atoms. The Balaban J connectivity index is 2.53. The molecule has 0 fully saturated rings. The van der Waals surface area contributed by atoms with Gasteiger partial charge < -0.3 is 10.6 Å². The van der Waals surface area contributed by atoms with Crippen molar-refractivity contribution in [1.29, 1.82) is 0 Å². The molecule has 0 saturated carbocycles. The number of amides is 1. The SMILES string of the molecule is CCCCNC(=O)C(C)Nc1ccc(C)cc1C. The Labute approximate surface area is 110 Å². The van der Waals surface area contributed by atoms with Gasteiger partial charge in [0.15, 0.2) is 0 Å². The van der Waals surface area contributed by atoms with Crippen LogP contribution in [0.4, 0.5) is 5.69 Å². The van der Waals surface area contributed by atoms with E-state index in [1.807, 2.05) is 13.0 Å². The molecule has 1 amide bonds. The van der Waals surface area contributed by atoms with Crippen molar-refractivity contribution in [2.45, 2.75) is 46.6 Å². The van der Waals surface area contributed by atoms with E-state index >= 15 is 0 Å². The number of benzene rings is 1. The Bertz CT molecular complexity index is 401. The summed E-state index contributed by atoms with van der Waals surface area (Å²) in [6, 6.07) is 5.99. The molecule has 2 N–H and O–H groups in total. The van der Waals surface area contributed by atoms with Crippen LogP contribution in [0.3, 0.4) is 0 Å². The van der Waals surface area contributed by atoms with Crippen LogP contribution < -0.4 is 10.6 Å². The quantitative estimate of drug-likeness (QED) is 0.760. The lowest BCUT2D eigenvalue weighted by molar-refractivity contribution is -0.121. The molecule has 3 heteroatoms. The Morgan fingerprint density at radius 3 is 2.67 bits per heavy atom. The van der Waals surface area contributed by atoms with E-state index in [0.29, 0.717) is 0 Å². The number of hydrogen-bond donors (Lipinski definition) is 2. The summed E-state index contributed by atoms with van der Waals surface area (Å²) in [4.78, 5) is 11.8. The highest BCUT2D eigenvalue weighted by molar-refractivity contribution is 5.84. The summed E-state index contributed by atoms with van der Waals surface area (Å²) in [5, 5.41) is 6.19. The molecule has 3 nitrogen and oxygen atoms in total.